The van der Waals surface area contributed by atoms with Crippen LogP contribution in [0.1, 0.15) is 35.9 Å². The maximum atomic E-state index is 13.0. The molecule has 2 heterocycles. The Hall–Kier alpha value is -2.83. The van der Waals surface area contributed by atoms with Gasteiger partial charge in [-0.05, 0) is 38.1 Å². The van der Waals surface area contributed by atoms with E-state index in [1.165, 1.54) is 24.3 Å². The molecule has 0 fully saturated rings. The predicted molar refractivity (Wildman–Crippen MR) is 77.2 cm³/mol. The van der Waals surface area contributed by atoms with E-state index in [1.54, 1.807) is 10.9 Å². The largest absolute Gasteiger partial charge is 0.479 e. The second-order valence-corrected chi connectivity index (χ2v) is 5.13. The molecule has 0 bridgehead atoms. The van der Waals surface area contributed by atoms with Crippen LogP contribution < -0.4 is 0 Å². The number of ketones is 1. The number of imidazole rings is 1. The minimum atomic E-state index is -0.500. The SMILES string of the molecule is CC(C)n1cnc2c(C(=O)c3ccc(F)cc3)nc(O)nc21. The van der Waals surface area contributed by atoms with Gasteiger partial charge in [-0.3, -0.25) is 4.79 Å². The highest BCUT2D eigenvalue weighted by molar-refractivity contribution is 6.13. The summed E-state index contributed by atoms with van der Waals surface area (Å²) in [5, 5.41) is 9.70. The van der Waals surface area contributed by atoms with Crippen LogP contribution in [-0.4, -0.2) is 30.4 Å². The van der Waals surface area contributed by atoms with Crippen molar-refractivity contribution in [1.29, 1.82) is 0 Å². The van der Waals surface area contributed by atoms with Crippen LogP contribution in [0.5, 0.6) is 6.01 Å². The molecule has 3 aromatic rings. The molecule has 0 aliphatic rings. The number of hydrogen-bond donors (Lipinski definition) is 1. The third-order valence-electron chi connectivity index (χ3n) is 3.29. The molecule has 1 aromatic carbocycles. The quantitative estimate of drug-likeness (QED) is 0.752. The molecule has 22 heavy (non-hydrogen) atoms. The van der Waals surface area contributed by atoms with Crippen molar-refractivity contribution in [2.75, 3.05) is 0 Å². The summed E-state index contributed by atoms with van der Waals surface area (Å²) in [4.78, 5) is 24.4. The van der Waals surface area contributed by atoms with E-state index in [0.717, 1.165) is 0 Å². The number of aromatic nitrogens is 4. The molecule has 6 nitrogen and oxygen atoms in total. The fourth-order valence-corrected chi connectivity index (χ4v) is 2.18. The van der Waals surface area contributed by atoms with E-state index >= 15 is 0 Å². The van der Waals surface area contributed by atoms with Crippen molar-refractivity contribution < 1.29 is 14.3 Å². The number of hydrogen-bond acceptors (Lipinski definition) is 5. The van der Waals surface area contributed by atoms with Crippen LogP contribution in [0.3, 0.4) is 0 Å². The Labute approximate surface area is 125 Å². The standard InChI is InChI=1S/C15H13FN4O2/c1-8(2)20-7-17-12-11(18-15(22)19-14(12)20)13(21)9-3-5-10(16)6-4-9/h3-8H,1-2H3,(H,18,19,22). The molecule has 7 heteroatoms. The zero-order valence-electron chi connectivity index (χ0n) is 12.0. The molecule has 0 aliphatic carbocycles. The molecule has 0 atom stereocenters. The van der Waals surface area contributed by atoms with E-state index in [0.29, 0.717) is 11.2 Å². The monoisotopic (exact) mass is 300 g/mol. The molecule has 0 amide bonds. The molecule has 112 valence electrons. The summed E-state index contributed by atoms with van der Waals surface area (Å²) in [7, 11) is 0. The summed E-state index contributed by atoms with van der Waals surface area (Å²) in [6.45, 7) is 3.86. The first-order valence-corrected chi connectivity index (χ1v) is 6.71. The number of rotatable bonds is 3. The van der Waals surface area contributed by atoms with Gasteiger partial charge in [-0.25, -0.2) is 9.37 Å². The molecule has 0 unspecified atom stereocenters. The van der Waals surface area contributed by atoms with Crippen molar-refractivity contribution in [3.63, 3.8) is 0 Å². The average Bonchev–Trinajstić information content (AvgIpc) is 2.90. The van der Waals surface area contributed by atoms with Crippen LogP contribution >= 0.6 is 0 Å². The van der Waals surface area contributed by atoms with Crippen LogP contribution in [0.2, 0.25) is 0 Å². The Bertz CT molecular complexity index is 856. The molecule has 3 rings (SSSR count). The van der Waals surface area contributed by atoms with Crippen LogP contribution in [0.25, 0.3) is 11.2 Å². The number of nitrogens with zero attached hydrogens (tertiary/aromatic N) is 4. The highest BCUT2D eigenvalue weighted by Gasteiger charge is 2.20. The zero-order chi connectivity index (χ0) is 15.9. The third kappa shape index (κ3) is 2.30. The van der Waals surface area contributed by atoms with Crippen molar-refractivity contribution in [3.8, 4) is 6.01 Å². The van der Waals surface area contributed by atoms with Crippen molar-refractivity contribution in [2.45, 2.75) is 19.9 Å². The van der Waals surface area contributed by atoms with E-state index in [2.05, 4.69) is 15.0 Å². The first kappa shape index (κ1) is 14.1. The Kier molecular flexibility index (Phi) is 3.32. The lowest BCUT2D eigenvalue weighted by Gasteiger charge is -2.07. The fourth-order valence-electron chi connectivity index (χ4n) is 2.18. The van der Waals surface area contributed by atoms with Gasteiger partial charge in [0.1, 0.15) is 17.0 Å². The number of fused-ring (bicyclic) bond motifs is 1. The van der Waals surface area contributed by atoms with Gasteiger partial charge in [-0.1, -0.05) is 0 Å². The van der Waals surface area contributed by atoms with Gasteiger partial charge in [-0.15, -0.1) is 0 Å². The lowest BCUT2D eigenvalue weighted by Crippen LogP contribution is -2.07. The van der Waals surface area contributed by atoms with Gasteiger partial charge in [0.2, 0.25) is 5.78 Å². The van der Waals surface area contributed by atoms with E-state index < -0.39 is 17.6 Å². The molecule has 0 aliphatic heterocycles. The zero-order valence-corrected chi connectivity index (χ0v) is 12.0. The minimum absolute atomic E-state index is 0.00601. The molecule has 0 saturated carbocycles. The van der Waals surface area contributed by atoms with E-state index in [4.69, 9.17) is 0 Å². The maximum absolute atomic E-state index is 13.0. The molecular weight excluding hydrogens is 287 g/mol. The Morgan fingerprint density at radius 2 is 1.91 bits per heavy atom. The first-order chi connectivity index (χ1) is 10.5. The summed E-state index contributed by atoms with van der Waals surface area (Å²) in [5.74, 6) is -0.881. The van der Waals surface area contributed by atoms with Crippen LogP contribution in [-0.2, 0) is 0 Å². The van der Waals surface area contributed by atoms with Crippen LogP contribution in [0.15, 0.2) is 30.6 Å². The summed E-state index contributed by atoms with van der Waals surface area (Å²) in [6.07, 6.45) is 1.55. The van der Waals surface area contributed by atoms with Gasteiger partial charge >= 0.3 is 6.01 Å². The first-order valence-electron chi connectivity index (χ1n) is 6.71. The molecule has 1 N–H and O–H groups in total. The van der Waals surface area contributed by atoms with E-state index in [9.17, 15) is 14.3 Å². The topological polar surface area (TPSA) is 80.9 Å². The molecule has 2 aromatic heterocycles. The van der Waals surface area contributed by atoms with Gasteiger partial charge in [0, 0.05) is 11.6 Å². The Morgan fingerprint density at radius 1 is 1.23 bits per heavy atom. The van der Waals surface area contributed by atoms with Crippen molar-refractivity contribution in [2.24, 2.45) is 0 Å². The minimum Gasteiger partial charge on any atom is -0.479 e. The van der Waals surface area contributed by atoms with Crippen molar-refractivity contribution in [1.82, 2.24) is 19.5 Å². The lowest BCUT2D eigenvalue weighted by molar-refractivity contribution is 0.103. The Balaban J connectivity index is 2.18. The van der Waals surface area contributed by atoms with Gasteiger partial charge < -0.3 is 9.67 Å². The van der Waals surface area contributed by atoms with E-state index in [-0.39, 0.29) is 17.3 Å². The number of carbonyl (C=O) groups excluding carboxylic acids is 1. The summed E-state index contributed by atoms with van der Waals surface area (Å²) in [5.41, 5.74) is 0.946. The summed E-state index contributed by atoms with van der Waals surface area (Å²) < 4.78 is 14.7. The summed E-state index contributed by atoms with van der Waals surface area (Å²) in [6, 6.07) is 4.68. The molecule has 0 saturated heterocycles. The number of aromatic hydroxyl groups is 1. The second-order valence-electron chi connectivity index (χ2n) is 5.13. The predicted octanol–water partition coefficient (Wildman–Crippen LogP) is 2.48. The fraction of sp³-hybridized carbons (Fsp3) is 0.200. The summed E-state index contributed by atoms with van der Waals surface area (Å²) >= 11 is 0. The van der Waals surface area contributed by atoms with E-state index in [1.807, 2.05) is 13.8 Å². The van der Waals surface area contributed by atoms with Crippen molar-refractivity contribution in [3.05, 3.63) is 47.7 Å². The van der Waals surface area contributed by atoms with Gasteiger partial charge in [-0.2, -0.15) is 9.97 Å². The van der Waals surface area contributed by atoms with Gasteiger partial charge in [0.05, 0.1) is 6.33 Å². The normalized spacial score (nSPS) is 11.3. The number of carbonyl (C=O) groups is 1. The molecule has 0 spiro atoms. The van der Waals surface area contributed by atoms with Crippen LogP contribution in [0.4, 0.5) is 4.39 Å². The van der Waals surface area contributed by atoms with Gasteiger partial charge in [0.15, 0.2) is 5.65 Å². The average molecular weight is 300 g/mol. The Morgan fingerprint density at radius 3 is 2.55 bits per heavy atom. The number of halogens is 1. The second kappa shape index (κ2) is 5.18. The number of benzene rings is 1. The third-order valence-corrected chi connectivity index (χ3v) is 3.29. The molecular formula is C15H13FN4O2. The van der Waals surface area contributed by atoms with Crippen molar-refractivity contribution >= 4 is 16.9 Å². The van der Waals surface area contributed by atoms with Crippen LogP contribution in [0, 0.1) is 5.82 Å². The highest BCUT2D eigenvalue weighted by Crippen LogP contribution is 2.22. The van der Waals surface area contributed by atoms with Gasteiger partial charge in [0.25, 0.3) is 0 Å². The maximum Gasteiger partial charge on any atom is 0.316 e. The molecule has 0 radical (unpaired) electrons. The lowest BCUT2D eigenvalue weighted by atomic mass is 10.1. The highest BCUT2D eigenvalue weighted by atomic mass is 19.1. The smallest absolute Gasteiger partial charge is 0.316 e.